The Labute approximate surface area is 175 Å². The summed E-state index contributed by atoms with van der Waals surface area (Å²) in [6.45, 7) is 0.174. The smallest absolute Gasteiger partial charge is 0.335 e. The van der Waals surface area contributed by atoms with Crippen LogP contribution in [0.2, 0.25) is 0 Å². The molecule has 1 aliphatic rings. The second-order valence-electron chi connectivity index (χ2n) is 7.15. The minimum Gasteiger partial charge on any atom is -0.495 e. The van der Waals surface area contributed by atoms with Crippen molar-refractivity contribution >= 4 is 21.9 Å². The Kier molecular flexibility index (Phi) is 6.73. The fraction of sp³-hybridized carbons (Fsp3) is 0.333. The third-order valence-electron chi connectivity index (χ3n) is 5.05. The van der Waals surface area contributed by atoms with Gasteiger partial charge in [0.25, 0.3) is 5.91 Å². The molecule has 2 aromatic carbocycles. The van der Waals surface area contributed by atoms with Gasteiger partial charge < -0.3 is 15.2 Å². The number of carbonyl (C=O) groups excluding carboxylic acids is 1. The number of carboxylic acid groups (broad SMARTS) is 1. The topological polar surface area (TPSA) is 122 Å². The van der Waals surface area contributed by atoms with Gasteiger partial charge in [-0.05, 0) is 48.7 Å². The van der Waals surface area contributed by atoms with Crippen molar-refractivity contribution in [2.24, 2.45) is 0 Å². The average molecular weight is 432 g/mol. The summed E-state index contributed by atoms with van der Waals surface area (Å²) in [5, 5.41) is 11.6. The predicted octanol–water partition coefficient (Wildman–Crippen LogP) is 2.54. The average Bonchev–Trinajstić information content (AvgIpc) is 3.24. The van der Waals surface area contributed by atoms with Crippen LogP contribution >= 0.6 is 0 Å². The molecular weight excluding hydrogens is 408 g/mol. The Hall–Kier alpha value is -2.91. The maximum atomic E-state index is 12.8. The molecule has 0 bridgehead atoms. The SMILES string of the molecule is COc1ccc(C(=O)NCc2ccc(C(=O)O)cc2)cc1S(=O)(=O)NC1CCCC1. The predicted molar refractivity (Wildman–Crippen MR) is 110 cm³/mol. The van der Waals surface area contributed by atoms with Crippen LogP contribution in [0.4, 0.5) is 0 Å². The molecule has 0 aromatic heterocycles. The Morgan fingerprint density at radius 2 is 1.70 bits per heavy atom. The van der Waals surface area contributed by atoms with Gasteiger partial charge in [-0.25, -0.2) is 17.9 Å². The first-order valence-electron chi connectivity index (χ1n) is 9.61. The van der Waals surface area contributed by atoms with Gasteiger partial charge in [0.2, 0.25) is 10.0 Å². The first-order chi connectivity index (χ1) is 14.3. The van der Waals surface area contributed by atoms with Crippen LogP contribution < -0.4 is 14.8 Å². The number of amides is 1. The van der Waals surface area contributed by atoms with Crippen LogP contribution in [0.25, 0.3) is 0 Å². The Morgan fingerprint density at radius 3 is 2.30 bits per heavy atom. The van der Waals surface area contributed by atoms with Crippen LogP contribution in [0.5, 0.6) is 5.75 Å². The van der Waals surface area contributed by atoms with E-state index in [-0.39, 0.29) is 34.4 Å². The van der Waals surface area contributed by atoms with Crippen molar-refractivity contribution in [2.75, 3.05) is 7.11 Å². The van der Waals surface area contributed by atoms with Gasteiger partial charge in [-0.2, -0.15) is 0 Å². The summed E-state index contributed by atoms with van der Waals surface area (Å²) in [5.41, 5.74) is 1.06. The monoisotopic (exact) mass is 432 g/mol. The fourth-order valence-electron chi connectivity index (χ4n) is 3.40. The molecular formula is C21H24N2O6S. The van der Waals surface area contributed by atoms with Crippen LogP contribution in [0, 0.1) is 0 Å². The van der Waals surface area contributed by atoms with Gasteiger partial charge in [0.05, 0.1) is 12.7 Å². The number of aromatic carboxylic acids is 1. The van der Waals surface area contributed by atoms with Crippen molar-refractivity contribution in [1.29, 1.82) is 0 Å². The highest BCUT2D eigenvalue weighted by atomic mass is 32.2. The Balaban J connectivity index is 1.74. The number of hydrogen-bond acceptors (Lipinski definition) is 5. The summed E-state index contributed by atoms with van der Waals surface area (Å²) < 4.78 is 33.6. The second-order valence-corrected chi connectivity index (χ2v) is 8.84. The molecule has 3 N–H and O–H groups in total. The number of carboxylic acids is 1. The van der Waals surface area contributed by atoms with Gasteiger partial charge in [-0.3, -0.25) is 4.79 Å². The van der Waals surface area contributed by atoms with Gasteiger partial charge >= 0.3 is 5.97 Å². The third-order valence-corrected chi connectivity index (χ3v) is 6.59. The third kappa shape index (κ3) is 5.17. The maximum absolute atomic E-state index is 12.8. The molecule has 0 saturated heterocycles. The van der Waals surface area contributed by atoms with E-state index in [4.69, 9.17) is 9.84 Å². The molecule has 0 aliphatic heterocycles. The zero-order valence-corrected chi connectivity index (χ0v) is 17.4. The number of benzene rings is 2. The van der Waals surface area contributed by atoms with Crippen LogP contribution in [0.15, 0.2) is 47.4 Å². The fourth-order valence-corrected chi connectivity index (χ4v) is 4.90. The normalized spacial score (nSPS) is 14.4. The molecule has 0 radical (unpaired) electrons. The summed E-state index contributed by atoms with van der Waals surface area (Å²) in [4.78, 5) is 23.4. The molecule has 1 amide bonds. The van der Waals surface area contributed by atoms with E-state index < -0.39 is 21.9 Å². The van der Waals surface area contributed by atoms with E-state index in [9.17, 15) is 18.0 Å². The van der Waals surface area contributed by atoms with E-state index in [1.165, 1.54) is 37.4 Å². The highest BCUT2D eigenvalue weighted by Gasteiger charge is 2.26. The van der Waals surface area contributed by atoms with Crippen molar-refractivity contribution in [3.05, 3.63) is 59.2 Å². The number of hydrogen-bond donors (Lipinski definition) is 3. The van der Waals surface area contributed by atoms with Gasteiger partial charge in [-0.1, -0.05) is 25.0 Å². The number of sulfonamides is 1. The van der Waals surface area contributed by atoms with Gasteiger partial charge in [0.1, 0.15) is 10.6 Å². The number of ether oxygens (including phenoxy) is 1. The first-order valence-corrected chi connectivity index (χ1v) is 11.1. The van der Waals surface area contributed by atoms with Crippen molar-refractivity contribution in [1.82, 2.24) is 10.0 Å². The van der Waals surface area contributed by atoms with Crippen LogP contribution in [-0.2, 0) is 16.6 Å². The zero-order chi connectivity index (χ0) is 21.7. The number of nitrogens with one attached hydrogen (secondary N) is 2. The summed E-state index contributed by atoms with van der Waals surface area (Å²) in [7, 11) is -2.45. The molecule has 160 valence electrons. The van der Waals surface area contributed by atoms with Gasteiger partial charge in [0.15, 0.2) is 0 Å². The van der Waals surface area contributed by atoms with E-state index in [1.54, 1.807) is 12.1 Å². The molecule has 2 aromatic rings. The molecule has 1 saturated carbocycles. The van der Waals surface area contributed by atoms with Crippen LogP contribution in [-0.4, -0.2) is 38.6 Å². The molecule has 1 aliphatic carbocycles. The number of carbonyl (C=O) groups is 2. The number of rotatable bonds is 8. The second kappa shape index (κ2) is 9.27. The van der Waals surface area contributed by atoms with Crippen molar-refractivity contribution < 1.29 is 27.9 Å². The largest absolute Gasteiger partial charge is 0.495 e. The lowest BCUT2D eigenvalue weighted by Gasteiger charge is -2.16. The van der Waals surface area contributed by atoms with Crippen molar-refractivity contribution in [3.8, 4) is 5.75 Å². The van der Waals surface area contributed by atoms with Crippen molar-refractivity contribution in [2.45, 2.75) is 43.2 Å². The lowest BCUT2D eigenvalue weighted by Crippen LogP contribution is -2.33. The molecule has 0 atom stereocenters. The summed E-state index contributed by atoms with van der Waals surface area (Å²) in [5.74, 6) is -1.30. The number of methoxy groups -OCH3 is 1. The molecule has 0 unspecified atom stereocenters. The van der Waals surface area contributed by atoms with Gasteiger partial charge in [0, 0.05) is 18.2 Å². The zero-order valence-electron chi connectivity index (χ0n) is 16.6. The van der Waals surface area contributed by atoms with Crippen LogP contribution in [0.3, 0.4) is 0 Å². The molecule has 8 nitrogen and oxygen atoms in total. The standard InChI is InChI=1S/C21H24N2O6S/c1-29-18-11-10-16(12-19(18)30(27,28)23-17-4-2-3-5-17)20(24)22-13-14-6-8-15(9-7-14)21(25)26/h6-12,17,23H,2-5,13H2,1H3,(H,22,24)(H,25,26). The Morgan fingerprint density at radius 1 is 1.07 bits per heavy atom. The quantitative estimate of drug-likeness (QED) is 0.589. The van der Waals surface area contributed by atoms with E-state index in [1.807, 2.05) is 0 Å². The highest BCUT2D eigenvalue weighted by molar-refractivity contribution is 7.89. The molecule has 1 fully saturated rings. The molecule has 3 rings (SSSR count). The van der Waals surface area contributed by atoms with E-state index >= 15 is 0 Å². The highest BCUT2D eigenvalue weighted by Crippen LogP contribution is 2.27. The Bertz CT molecular complexity index is 1030. The summed E-state index contributed by atoms with van der Waals surface area (Å²) in [6, 6.07) is 10.3. The summed E-state index contributed by atoms with van der Waals surface area (Å²) in [6.07, 6.45) is 3.56. The first kappa shape index (κ1) is 21.8. The van der Waals surface area contributed by atoms with Crippen molar-refractivity contribution in [3.63, 3.8) is 0 Å². The van der Waals surface area contributed by atoms with E-state index in [2.05, 4.69) is 10.0 Å². The lowest BCUT2D eigenvalue weighted by molar-refractivity contribution is 0.0696. The maximum Gasteiger partial charge on any atom is 0.335 e. The van der Waals surface area contributed by atoms with Crippen LogP contribution in [0.1, 0.15) is 52.0 Å². The molecule has 0 heterocycles. The van der Waals surface area contributed by atoms with E-state index in [0.717, 1.165) is 31.2 Å². The molecule has 9 heteroatoms. The molecule has 30 heavy (non-hydrogen) atoms. The lowest BCUT2D eigenvalue weighted by atomic mass is 10.1. The minimum absolute atomic E-state index is 0.0737. The molecule has 0 spiro atoms. The summed E-state index contributed by atoms with van der Waals surface area (Å²) >= 11 is 0. The van der Waals surface area contributed by atoms with Gasteiger partial charge in [-0.15, -0.1) is 0 Å². The van der Waals surface area contributed by atoms with E-state index in [0.29, 0.717) is 0 Å². The minimum atomic E-state index is -3.83.